The van der Waals surface area contributed by atoms with Crippen molar-refractivity contribution in [1.29, 1.82) is 0 Å². The lowest BCUT2D eigenvalue weighted by atomic mass is 10.1. The monoisotopic (exact) mass is 303 g/mol. The lowest BCUT2D eigenvalue weighted by Gasteiger charge is -2.22. The highest BCUT2D eigenvalue weighted by molar-refractivity contribution is 6.00. The number of anilines is 1. The Bertz CT molecular complexity index is 560. The number of nitrogens with zero attached hydrogens (tertiary/aromatic N) is 1. The molecule has 0 saturated carbocycles. The van der Waals surface area contributed by atoms with Gasteiger partial charge in [0.15, 0.2) is 0 Å². The summed E-state index contributed by atoms with van der Waals surface area (Å²) in [5.41, 5.74) is 2.51. The standard InChI is InChI=1S/C16H21N3O3/c1-17-6-7-18-13-4-5-15-12(9-13)10-19(16(15)22)14(11-21)3-2-8-20/h4-5,8-9,11,14,17-18H,2-3,6-7,10H2,1H3. The van der Waals surface area contributed by atoms with Crippen LogP contribution in [0.15, 0.2) is 18.2 Å². The fraction of sp³-hybridized carbons (Fsp3) is 0.438. The van der Waals surface area contributed by atoms with Crippen LogP contribution < -0.4 is 10.6 Å². The third kappa shape index (κ3) is 3.51. The number of carbonyl (C=O) groups excluding carboxylic acids is 3. The van der Waals surface area contributed by atoms with Crippen molar-refractivity contribution >= 4 is 24.2 Å². The summed E-state index contributed by atoms with van der Waals surface area (Å²) in [4.78, 5) is 35.6. The van der Waals surface area contributed by atoms with Gasteiger partial charge in [0, 0.05) is 37.3 Å². The molecule has 1 aliphatic heterocycles. The summed E-state index contributed by atoms with van der Waals surface area (Å²) in [6.45, 7) is 2.06. The summed E-state index contributed by atoms with van der Waals surface area (Å²) in [5.74, 6) is -0.139. The van der Waals surface area contributed by atoms with Crippen LogP contribution in [0, 0.1) is 0 Å². The molecule has 1 aliphatic rings. The van der Waals surface area contributed by atoms with Crippen LogP contribution in [0.4, 0.5) is 5.69 Å². The van der Waals surface area contributed by atoms with Crippen LogP contribution in [0.2, 0.25) is 0 Å². The molecule has 1 aromatic carbocycles. The molecule has 0 saturated heterocycles. The molecule has 0 aromatic heterocycles. The predicted molar refractivity (Wildman–Crippen MR) is 83.9 cm³/mol. The Labute approximate surface area is 129 Å². The second kappa shape index (κ2) is 7.70. The van der Waals surface area contributed by atoms with Crippen molar-refractivity contribution in [2.45, 2.75) is 25.4 Å². The second-order valence-corrected chi connectivity index (χ2v) is 5.28. The van der Waals surface area contributed by atoms with Gasteiger partial charge in [-0.25, -0.2) is 0 Å². The van der Waals surface area contributed by atoms with Crippen LogP contribution in [0.1, 0.15) is 28.8 Å². The average molecular weight is 303 g/mol. The molecule has 118 valence electrons. The summed E-state index contributed by atoms with van der Waals surface area (Å²) >= 11 is 0. The molecule has 2 N–H and O–H groups in total. The number of likely N-dealkylation sites (N-methyl/N-ethyl adjacent to an activating group) is 1. The van der Waals surface area contributed by atoms with Gasteiger partial charge < -0.3 is 25.1 Å². The van der Waals surface area contributed by atoms with Gasteiger partial charge in [-0.3, -0.25) is 4.79 Å². The van der Waals surface area contributed by atoms with E-state index in [4.69, 9.17) is 0 Å². The predicted octanol–water partition coefficient (Wildman–Crippen LogP) is 0.820. The maximum atomic E-state index is 12.4. The van der Waals surface area contributed by atoms with E-state index in [9.17, 15) is 14.4 Å². The summed E-state index contributed by atoms with van der Waals surface area (Å²) in [5, 5.41) is 6.33. The smallest absolute Gasteiger partial charge is 0.255 e. The van der Waals surface area contributed by atoms with Crippen molar-refractivity contribution in [2.24, 2.45) is 0 Å². The highest BCUT2D eigenvalue weighted by atomic mass is 16.2. The molecule has 0 radical (unpaired) electrons. The average Bonchev–Trinajstić information content (AvgIpc) is 2.85. The number of hydrogen-bond acceptors (Lipinski definition) is 5. The molecule has 0 bridgehead atoms. The first-order chi connectivity index (χ1) is 10.7. The van der Waals surface area contributed by atoms with E-state index in [1.54, 1.807) is 11.0 Å². The first-order valence-electron chi connectivity index (χ1n) is 7.42. The van der Waals surface area contributed by atoms with Crippen molar-refractivity contribution in [3.05, 3.63) is 29.3 Å². The zero-order valence-corrected chi connectivity index (χ0v) is 12.7. The molecular formula is C16H21N3O3. The summed E-state index contributed by atoms with van der Waals surface area (Å²) < 4.78 is 0. The van der Waals surface area contributed by atoms with Crippen LogP contribution in [-0.2, 0) is 16.1 Å². The van der Waals surface area contributed by atoms with E-state index in [-0.39, 0.29) is 12.3 Å². The molecule has 1 amide bonds. The Morgan fingerprint density at radius 1 is 1.32 bits per heavy atom. The molecule has 22 heavy (non-hydrogen) atoms. The van der Waals surface area contributed by atoms with E-state index in [1.165, 1.54) is 0 Å². The Morgan fingerprint density at radius 2 is 2.14 bits per heavy atom. The Morgan fingerprint density at radius 3 is 2.82 bits per heavy atom. The molecule has 1 aromatic rings. The highest BCUT2D eigenvalue weighted by Crippen LogP contribution is 2.27. The molecule has 2 rings (SSSR count). The number of carbonyl (C=O) groups is 3. The molecule has 0 aliphatic carbocycles. The topological polar surface area (TPSA) is 78.5 Å². The van der Waals surface area contributed by atoms with Crippen LogP contribution in [0.3, 0.4) is 0 Å². The van der Waals surface area contributed by atoms with Gasteiger partial charge in [-0.2, -0.15) is 0 Å². The largest absolute Gasteiger partial charge is 0.384 e. The van der Waals surface area contributed by atoms with E-state index in [0.29, 0.717) is 18.5 Å². The van der Waals surface area contributed by atoms with Gasteiger partial charge in [-0.1, -0.05) is 0 Å². The van der Waals surface area contributed by atoms with Crippen molar-refractivity contribution in [3.8, 4) is 0 Å². The summed E-state index contributed by atoms with van der Waals surface area (Å²) in [6, 6.07) is 5.08. The zero-order chi connectivity index (χ0) is 15.9. The lowest BCUT2D eigenvalue weighted by Crippen LogP contribution is -2.36. The van der Waals surface area contributed by atoms with E-state index in [2.05, 4.69) is 10.6 Å². The second-order valence-electron chi connectivity index (χ2n) is 5.28. The SMILES string of the molecule is CNCCNc1ccc2c(c1)CN(C(C=O)CCC=O)C2=O. The third-order valence-corrected chi connectivity index (χ3v) is 3.78. The van der Waals surface area contributed by atoms with Gasteiger partial charge in [0.1, 0.15) is 12.6 Å². The van der Waals surface area contributed by atoms with Gasteiger partial charge in [0.2, 0.25) is 0 Å². The Balaban J connectivity index is 2.09. The van der Waals surface area contributed by atoms with Gasteiger partial charge >= 0.3 is 0 Å². The number of nitrogens with one attached hydrogen (secondary N) is 2. The van der Waals surface area contributed by atoms with Crippen molar-refractivity contribution in [2.75, 3.05) is 25.5 Å². The van der Waals surface area contributed by atoms with Crippen LogP contribution in [0.25, 0.3) is 0 Å². The third-order valence-electron chi connectivity index (χ3n) is 3.78. The number of fused-ring (bicyclic) bond motifs is 1. The minimum atomic E-state index is -0.536. The van der Waals surface area contributed by atoms with Gasteiger partial charge in [0.05, 0.1) is 6.04 Å². The first-order valence-corrected chi connectivity index (χ1v) is 7.42. The molecule has 0 spiro atoms. The Hall–Kier alpha value is -2.21. The number of rotatable bonds is 9. The summed E-state index contributed by atoms with van der Waals surface area (Å²) in [6.07, 6.45) is 2.17. The van der Waals surface area contributed by atoms with E-state index >= 15 is 0 Å². The van der Waals surface area contributed by atoms with Crippen molar-refractivity contribution in [1.82, 2.24) is 10.2 Å². The minimum Gasteiger partial charge on any atom is -0.384 e. The van der Waals surface area contributed by atoms with Crippen LogP contribution >= 0.6 is 0 Å². The van der Waals surface area contributed by atoms with Crippen molar-refractivity contribution < 1.29 is 14.4 Å². The number of benzene rings is 1. The van der Waals surface area contributed by atoms with Crippen LogP contribution in [0.5, 0.6) is 0 Å². The minimum absolute atomic E-state index is 0.139. The van der Waals surface area contributed by atoms with Gasteiger partial charge in [0.25, 0.3) is 5.91 Å². The fourth-order valence-corrected chi connectivity index (χ4v) is 2.59. The Kier molecular flexibility index (Phi) is 5.66. The molecule has 1 unspecified atom stereocenters. The van der Waals surface area contributed by atoms with E-state index in [0.717, 1.165) is 36.9 Å². The zero-order valence-electron chi connectivity index (χ0n) is 12.7. The molecule has 6 heteroatoms. The summed E-state index contributed by atoms with van der Waals surface area (Å²) in [7, 11) is 1.89. The molecule has 1 heterocycles. The van der Waals surface area contributed by atoms with Crippen molar-refractivity contribution in [3.63, 3.8) is 0 Å². The normalized spacial score (nSPS) is 14.6. The number of amides is 1. The van der Waals surface area contributed by atoms with Gasteiger partial charge in [-0.05, 0) is 37.2 Å². The molecule has 1 atom stereocenters. The number of aldehydes is 2. The van der Waals surface area contributed by atoms with E-state index in [1.807, 2.05) is 19.2 Å². The molecular weight excluding hydrogens is 282 g/mol. The fourth-order valence-electron chi connectivity index (χ4n) is 2.59. The highest BCUT2D eigenvalue weighted by Gasteiger charge is 2.32. The first kappa shape index (κ1) is 16.2. The molecule has 6 nitrogen and oxygen atoms in total. The quantitative estimate of drug-likeness (QED) is 0.521. The van der Waals surface area contributed by atoms with E-state index < -0.39 is 6.04 Å². The number of hydrogen-bond donors (Lipinski definition) is 2. The van der Waals surface area contributed by atoms with Gasteiger partial charge in [-0.15, -0.1) is 0 Å². The maximum absolute atomic E-state index is 12.4. The van der Waals surface area contributed by atoms with Crippen LogP contribution in [-0.4, -0.2) is 49.6 Å². The molecule has 0 fully saturated rings. The lowest BCUT2D eigenvalue weighted by molar-refractivity contribution is -0.112. The maximum Gasteiger partial charge on any atom is 0.255 e.